The van der Waals surface area contributed by atoms with Crippen LogP contribution in [0, 0.1) is 5.92 Å². The van der Waals surface area contributed by atoms with Gasteiger partial charge < -0.3 is 14.5 Å². The Bertz CT molecular complexity index is 1650. The number of nitrogens with zero attached hydrogens (tertiary/aromatic N) is 4. The molecule has 4 heterocycles. The zero-order chi connectivity index (χ0) is 26.0. The number of hydrogen-bond donors (Lipinski definition) is 3. The summed E-state index contributed by atoms with van der Waals surface area (Å²) in [7, 11) is 0. The average Bonchev–Trinajstić information content (AvgIpc) is 3.75. The molecule has 9 heteroatoms. The molecule has 3 aromatic heterocycles. The summed E-state index contributed by atoms with van der Waals surface area (Å²) in [5.74, 6) is 2.92. The number of fused-ring (bicyclic) bond motifs is 2. The number of aromatic amines is 2. The van der Waals surface area contributed by atoms with Crippen LogP contribution in [0.5, 0.6) is 11.5 Å². The summed E-state index contributed by atoms with van der Waals surface area (Å²) >= 11 is 0. The highest BCUT2D eigenvalue weighted by molar-refractivity contribution is 5.81. The molecule has 7 rings (SSSR count). The number of ether oxygens (including phenoxy) is 2. The van der Waals surface area contributed by atoms with Gasteiger partial charge >= 0.3 is 0 Å². The van der Waals surface area contributed by atoms with Gasteiger partial charge in [-0.15, -0.1) is 0 Å². The molecule has 3 aromatic carbocycles. The van der Waals surface area contributed by atoms with Crippen molar-refractivity contribution >= 4 is 21.9 Å². The maximum Gasteiger partial charge on any atom is 0.161 e. The number of rotatable bonds is 8. The summed E-state index contributed by atoms with van der Waals surface area (Å²) < 4.78 is 13.7. The van der Waals surface area contributed by atoms with E-state index in [1.54, 1.807) is 6.20 Å². The van der Waals surface area contributed by atoms with Gasteiger partial charge in [0, 0.05) is 31.3 Å². The van der Waals surface area contributed by atoms with Gasteiger partial charge in [0.05, 0.1) is 28.4 Å². The predicted molar refractivity (Wildman–Crippen MR) is 150 cm³/mol. The maximum atomic E-state index is 6.17. The second-order valence-corrected chi connectivity index (χ2v) is 9.91. The van der Waals surface area contributed by atoms with Crippen molar-refractivity contribution in [3.63, 3.8) is 0 Å². The Kier molecular flexibility index (Phi) is 6.28. The Morgan fingerprint density at radius 1 is 1.00 bits per heavy atom. The number of para-hydroxylation sites is 2. The quantitative estimate of drug-likeness (QED) is 0.240. The molecule has 1 aliphatic heterocycles. The van der Waals surface area contributed by atoms with Crippen molar-refractivity contribution in [1.82, 2.24) is 35.3 Å². The maximum absolute atomic E-state index is 6.17. The third-order valence-corrected chi connectivity index (χ3v) is 7.32. The molecule has 196 valence electrons. The minimum absolute atomic E-state index is 0.237. The van der Waals surface area contributed by atoms with E-state index in [2.05, 4.69) is 26.6 Å². The molecule has 3 N–H and O–H groups in total. The smallest absolute Gasteiger partial charge is 0.161 e. The fourth-order valence-electron chi connectivity index (χ4n) is 5.19. The van der Waals surface area contributed by atoms with E-state index in [0.29, 0.717) is 5.92 Å². The summed E-state index contributed by atoms with van der Waals surface area (Å²) in [6.45, 7) is 2.50. The molecule has 0 bridgehead atoms. The molecule has 1 atom stereocenters. The molecule has 1 fully saturated rings. The van der Waals surface area contributed by atoms with E-state index in [1.165, 1.54) is 0 Å². The molecule has 1 unspecified atom stereocenters. The van der Waals surface area contributed by atoms with Gasteiger partial charge in [0.2, 0.25) is 0 Å². The van der Waals surface area contributed by atoms with Crippen LogP contribution >= 0.6 is 0 Å². The minimum Gasteiger partial charge on any atom is -0.457 e. The Hall–Kier alpha value is -4.47. The third-order valence-electron chi connectivity index (χ3n) is 7.32. The fourth-order valence-corrected chi connectivity index (χ4v) is 5.19. The largest absolute Gasteiger partial charge is 0.457 e. The van der Waals surface area contributed by atoms with Crippen LogP contribution in [0.3, 0.4) is 0 Å². The summed E-state index contributed by atoms with van der Waals surface area (Å²) in [4.78, 5) is 8.41. The Morgan fingerprint density at radius 2 is 1.85 bits per heavy atom. The number of benzene rings is 3. The summed E-state index contributed by atoms with van der Waals surface area (Å²) in [6, 6.07) is 24.1. The number of H-pyrrole nitrogens is 2. The first-order valence-electron chi connectivity index (χ1n) is 13.3. The van der Waals surface area contributed by atoms with Gasteiger partial charge in [0.25, 0.3) is 0 Å². The van der Waals surface area contributed by atoms with Crippen molar-refractivity contribution in [2.75, 3.05) is 19.8 Å². The van der Waals surface area contributed by atoms with Crippen molar-refractivity contribution in [3.05, 3.63) is 91.0 Å². The van der Waals surface area contributed by atoms with Crippen LogP contribution in [0.25, 0.3) is 33.2 Å². The van der Waals surface area contributed by atoms with E-state index in [1.807, 2.05) is 77.6 Å². The highest BCUT2D eigenvalue weighted by atomic mass is 16.5. The molecule has 1 aliphatic rings. The molecule has 0 aliphatic carbocycles. The van der Waals surface area contributed by atoms with Gasteiger partial charge in [0.15, 0.2) is 6.17 Å². The van der Waals surface area contributed by atoms with Gasteiger partial charge in [-0.1, -0.05) is 12.1 Å². The highest BCUT2D eigenvalue weighted by Gasteiger charge is 2.23. The molecule has 9 nitrogen and oxygen atoms in total. The van der Waals surface area contributed by atoms with E-state index >= 15 is 0 Å². The van der Waals surface area contributed by atoms with Crippen molar-refractivity contribution in [2.45, 2.75) is 19.0 Å². The Morgan fingerprint density at radius 3 is 2.67 bits per heavy atom. The molecule has 0 amide bonds. The van der Waals surface area contributed by atoms with E-state index in [0.717, 1.165) is 83.1 Å². The van der Waals surface area contributed by atoms with Crippen molar-refractivity contribution in [1.29, 1.82) is 0 Å². The summed E-state index contributed by atoms with van der Waals surface area (Å²) in [5.41, 5.74) is 4.98. The zero-order valence-electron chi connectivity index (χ0n) is 21.4. The van der Waals surface area contributed by atoms with Crippen molar-refractivity contribution < 1.29 is 9.47 Å². The first kappa shape index (κ1) is 23.6. The molecule has 0 saturated carbocycles. The standard InChI is InChI=1S/C30H29N7O2/c1-2-4-27-26(3-1)34-29(35-27)30(31-18-20-12-15-38-16-13-20)37-28-10-9-24(17-22(28)19-33-37)39-23-7-5-21(6-8-23)25-11-14-32-36-25/h1-11,14,17,19-20,30-31H,12-13,15-16,18H2,(H,32,36)(H,34,35). The predicted octanol–water partition coefficient (Wildman–Crippen LogP) is 5.66. The molecule has 0 spiro atoms. The molecule has 39 heavy (non-hydrogen) atoms. The summed E-state index contributed by atoms with van der Waals surface area (Å²) in [5, 5.41) is 16.5. The fraction of sp³-hybridized carbons (Fsp3) is 0.233. The number of aromatic nitrogens is 6. The van der Waals surface area contributed by atoms with Crippen LogP contribution in [-0.4, -0.2) is 49.7 Å². The van der Waals surface area contributed by atoms with Gasteiger partial charge in [-0.25, -0.2) is 9.67 Å². The molecule has 0 radical (unpaired) electrons. The van der Waals surface area contributed by atoms with Crippen LogP contribution in [0.4, 0.5) is 0 Å². The van der Waals surface area contributed by atoms with E-state index in [4.69, 9.17) is 19.6 Å². The zero-order valence-corrected chi connectivity index (χ0v) is 21.4. The monoisotopic (exact) mass is 519 g/mol. The second-order valence-electron chi connectivity index (χ2n) is 9.91. The molecular weight excluding hydrogens is 490 g/mol. The topological polar surface area (TPSA) is 106 Å². The third kappa shape index (κ3) is 4.89. The van der Waals surface area contributed by atoms with Crippen molar-refractivity contribution in [2.24, 2.45) is 5.92 Å². The Labute approximate surface area is 225 Å². The first-order chi connectivity index (χ1) is 19.3. The Balaban J connectivity index is 1.16. The lowest BCUT2D eigenvalue weighted by Crippen LogP contribution is -2.35. The lowest BCUT2D eigenvalue weighted by Gasteiger charge is -2.25. The number of hydrogen-bond acceptors (Lipinski definition) is 6. The average molecular weight is 520 g/mol. The van der Waals surface area contributed by atoms with Crippen LogP contribution in [0.15, 0.2) is 85.2 Å². The first-order valence-corrected chi connectivity index (χ1v) is 13.3. The SMILES string of the molecule is c1ccc2[nH]c(C(NCC3CCOCC3)n3ncc4cc(Oc5ccc(-c6ccn[nH]6)cc5)ccc43)nc2c1. The number of nitrogens with one attached hydrogen (secondary N) is 3. The van der Waals surface area contributed by atoms with Crippen LogP contribution in [0.1, 0.15) is 24.8 Å². The summed E-state index contributed by atoms with van der Waals surface area (Å²) in [6.07, 6.45) is 5.51. The van der Waals surface area contributed by atoms with Crippen LogP contribution < -0.4 is 10.1 Å². The second kappa shape index (κ2) is 10.4. The number of imidazole rings is 1. The molecule has 6 aromatic rings. The van der Waals surface area contributed by atoms with Crippen LogP contribution in [-0.2, 0) is 4.74 Å². The lowest BCUT2D eigenvalue weighted by molar-refractivity contribution is 0.0649. The minimum atomic E-state index is -0.237. The molecular formula is C30H29N7O2. The van der Waals surface area contributed by atoms with E-state index in [9.17, 15) is 0 Å². The molecule has 1 saturated heterocycles. The normalized spacial score (nSPS) is 15.2. The van der Waals surface area contributed by atoms with Gasteiger partial charge in [-0.05, 0) is 85.0 Å². The van der Waals surface area contributed by atoms with E-state index < -0.39 is 0 Å². The van der Waals surface area contributed by atoms with Crippen LogP contribution in [0.2, 0.25) is 0 Å². The lowest BCUT2D eigenvalue weighted by atomic mass is 10.0. The van der Waals surface area contributed by atoms with Gasteiger partial charge in [-0.2, -0.15) is 10.2 Å². The van der Waals surface area contributed by atoms with Gasteiger partial charge in [-0.3, -0.25) is 10.4 Å². The van der Waals surface area contributed by atoms with E-state index in [-0.39, 0.29) is 6.17 Å². The van der Waals surface area contributed by atoms with Crippen molar-refractivity contribution in [3.8, 4) is 22.8 Å². The highest BCUT2D eigenvalue weighted by Crippen LogP contribution is 2.29. The van der Waals surface area contributed by atoms with Gasteiger partial charge in [0.1, 0.15) is 17.3 Å².